The van der Waals surface area contributed by atoms with Gasteiger partial charge in [0.25, 0.3) is 5.91 Å². The zero-order valence-corrected chi connectivity index (χ0v) is 16.9. The number of nitrogens with one attached hydrogen (secondary N) is 1. The Kier molecular flexibility index (Phi) is 5.75. The number of likely N-dealkylation sites (tertiary alicyclic amines) is 1. The van der Waals surface area contributed by atoms with Crippen LogP contribution in [-0.4, -0.2) is 55.7 Å². The topological polar surface area (TPSA) is 110 Å². The predicted molar refractivity (Wildman–Crippen MR) is 110 cm³/mol. The van der Waals surface area contributed by atoms with Crippen LogP contribution in [0.5, 0.6) is 0 Å². The number of halogens is 3. The second-order valence-electron chi connectivity index (χ2n) is 7.03. The minimum Gasteiger partial charge on any atom is -0.352 e. The van der Waals surface area contributed by atoms with Gasteiger partial charge in [0, 0.05) is 31.9 Å². The molecule has 4 rings (SSSR count). The molecule has 2 aromatic heterocycles. The molecule has 1 saturated heterocycles. The summed E-state index contributed by atoms with van der Waals surface area (Å²) in [5.41, 5.74) is 5.81. The van der Waals surface area contributed by atoms with Crippen molar-refractivity contribution in [1.82, 2.24) is 24.8 Å². The van der Waals surface area contributed by atoms with E-state index in [-0.39, 0.29) is 42.4 Å². The third kappa shape index (κ3) is 4.30. The summed E-state index contributed by atoms with van der Waals surface area (Å²) in [4.78, 5) is 30.7. The van der Waals surface area contributed by atoms with Crippen molar-refractivity contribution in [2.24, 2.45) is 5.73 Å². The normalized spacial score (nSPS) is 20.6. The SMILES string of the molecule is NC1(F)CCN(C(=O)c2cccc(F)c2-c2ncccn2)C1CNc1ncc(Cl)cn1. The summed E-state index contributed by atoms with van der Waals surface area (Å²) in [6.07, 6.45) is 5.60. The first-order chi connectivity index (χ1) is 14.9. The molecule has 8 nitrogen and oxygen atoms in total. The molecule has 0 saturated carbocycles. The van der Waals surface area contributed by atoms with Gasteiger partial charge in [-0.05, 0) is 18.2 Å². The first-order valence-corrected chi connectivity index (χ1v) is 9.81. The molecule has 0 radical (unpaired) electrons. The molecule has 1 aliphatic heterocycles. The average Bonchev–Trinajstić information content (AvgIpc) is 3.07. The van der Waals surface area contributed by atoms with Gasteiger partial charge in [-0.25, -0.2) is 28.7 Å². The number of nitrogens with two attached hydrogens (primary N) is 1. The van der Waals surface area contributed by atoms with Crippen LogP contribution in [0.25, 0.3) is 11.4 Å². The van der Waals surface area contributed by atoms with Gasteiger partial charge >= 0.3 is 0 Å². The average molecular weight is 446 g/mol. The van der Waals surface area contributed by atoms with Crippen molar-refractivity contribution >= 4 is 23.5 Å². The molecule has 1 aliphatic rings. The Hall–Kier alpha value is -3.24. The fourth-order valence-electron chi connectivity index (χ4n) is 3.50. The van der Waals surface area contributed by atoms with Crippen molar-refractivity contribution in [3.05, 3.63) is 65.5 Å². The Bertz CT molecular complexity index is 1080. The number of carbonyl (C=O) groups is 1. The third-order valence-corrected chi connectivity index (χ3v) is 5.23. The van der Waals surface area contributed by atoms with E-state index in [1.807, 2.05) is 0 Å². The summed E-state index contributed by atoms with van der Waals surface area (Å²) in [5.74, 6) is -3.10. The van der Waals surface area contributed by atoms with Gasteiger partial charge in [0.15, 0.2) is 11.6 Å². The molecule has 3 heterocycles. The molecule has 0 spiro atoms. The fourth-order valence-corrected chi connectivity index (χ4v) is 3.60. The highest BCUT2D eigenvalue weighted by atomic mass is 35.5. The monoisotopic (exact) mass is 445 g/mol. The van der Waals surface area contributed by atoms with Crippen LogP contribution < -0.4 is 11.1 Å². The minimum atomic E-state index is -2.15. The Labute approximate surface area is 181 Å². The van der Waals surface area contributed by atoms with Crippen LogP contribution in [0.15, 0.2) is 49.1 Å². The summed E-state index contributed by atoms with van der Waals surface area (Å²) in [6.45, 7) is 0.0120. The first-order valence-electron chi connectivity index (χ1n) is 9.43. The van der Waals surface area contributed by atoms with Crippen LogP contribution in [0, 0.1) is 5.82 Å². The number of alkyl halides is 1. The standard InChI is InChI=1S/C20H18ClF2N7O/c21-12-9-27-19(28-10-12)29-11-15-20(23,24)5-8-30(15)18(31)13-3-1-4-14(22)16(13)17-25-6-2-7-26-17/h1-4,6-7,9-10,15H,5,8,11,24H2,(H,27,28,29). The van der Waals surface area contributed by atoms with Crippen LogP contribution >= 0.6 is 11.6 Å². The highest BCUT2D eigenvalue weighted by Crippen LogP contribution is 2.32. The van der Waals surface area contributed by atoms with E-state index in [1.54, 1.807) is 6.07 Å². The van der Waals surface area contributed by atoms with Crippen molar-refractivity contribution in [2.45, 2.75) is 18.3 Å². The first kappa shape index (κ1) is 21.0. The lowest BCUT2D eigenvalue weighted by Crippen LogP contribution is -2.53. The van der Waals surface area contributed by atoms with Crippen molar-refractivity contribution in [3.8, 4) is 11.4 Å². The zero-order valence-electron chi connectivity index (χ0n) is 16.2. The number of nitrogens with zero attached hydrogens (tertiary/aromatic N) is 5. The van der Waals surface area contributed by atoms with Gasteiger partial charge in [0.05, 0.1) is 34.6 Å². The summed E-state index contributed by atoms with van der Waals surface area (Å²) in [6, 6.07) is 4.63. The van der Waals surface area contributed by atoms with Crippen LogP contribution in [0.2, 0.25) is 5.02 Å². The van der Waals surface area contributed by atoms with Crippen molar-refractivity contribution in [2.75, 3.05) is 18.4 Å². The van der Waals surface area contributed by atoms with Gasteiger partial charge < -0.3 is 10.2 Å². The number of rotatable bonds is 5. The Morgan fingerprint density at radius 1 is 1.23 bits per heavy atom. The molecule has 1 amide bonds. The minimum absolute atomic E-state index is 0.0247. The van der Waals surface area contributed by atoms with Crippen LogP contribution in [0.1, 0.15) is 16.8 Å². The van der Waals surface area contributed by atoms with Crippen molar-refractivity contribution in [1.29, 1.82) is 0 Å². The molecule has 0 aliphatic carbocycles. The van der Waals surface area contributed by atoms with E-state index < -0.39 is 23.6 Å². The molecule has 11 heteroatoms. The van der Waals surface area contributed by atoms with Crippen LogP contribution in [0.3, 0.4) is 0 Å². The number of benzene rings is 1. The molecule has 2 atom stereocenters. The van der Waals surface area contributed by atoms with E-state index >= 15 is 4.39 Å². The third-order valence-electron chi connectivity index (χ3n) is 5.03. The van der Waals surface area contributed by atoms with E-state index in [0.717, 1.165) is 0 Å². The lowest BCUT2D eigenvalue weighted by molar-refractivity contribution is 0.0620. The number of aromatic nitrogens is 4. The summed E-state index contributed by atoms with van der Waals surface area (Å²) < 4.78 is 29.7. The van der Waals surface area contributed by atoms with Gasteiger partial charge in [0.1, 0.15) is 5.82 Å². The Morgan fingerprint density at radius 3 is 2.65 bits per heavy atom. The maximum atomic E-state index is 15.1. The second kappa shape index (κ2) is 8.48. The van der Waals surface area contributed by atoms with E-state index in [9.17, 15) is 9.18 Å². The largest absolute Gasteiger partial charge is 0.352 e. The van der Waals surface area contributed by atoms with Gasteiger partial charge in [0.2, 0.25) is 5.95 Å². The Balaban J connectivity index is 1.63. The van der Waals surface area contributed by atoms with Crippen molar-refractivity contribution in [3.63, 3.8) is 0 Å². The fraction of sp³-hybridized carbons (Fsp3) is 0.250. The highest BCUT2D eigenvalue weighted by molar-refractivity contribution is 6.30. The smallest absolute Gasteiger partial charge is 0.255 e. The van der Waals surface area contributed by atoms with Gasteiger partial charge in [-0.15, -0.1) is 0 Å². The van der Waals surface area contributed by atoms with E-state index in [0.29, 0.717) is 5.02 Å². The Morgan fingerprint density at radius 2 is 1.94 bits per heavy atom. The highest BCUT2D eigenvalue weighted by Gasteiger charge is 2.47. The molecular formula is C20H18ClF2N7O. The quantitative estimate of drug-likeness (QED) is 0.581. The van der Waals surface area contributed by atoms with Gasteiger partial charge in [-0.3, -0.25) is 10.5 Å². The molecule has 160 valence electrons. The zero-order chi connectivity index (χ0) is 22.0. The molecule has 1 aromatic carbocycles. The number of carbonyl (C=O) groups excluding carboxylic acids is 1. The summed E-state index contributed by atoms with van der Waals surface area (Å²) >= 11 is 5.77. The number of amides is 1. The molecule has 1 fully saturated rings. The number of hydrogen-bond donors (Lipinski definition) is 2. The number of anilines is 1. The summed E-state index contributed by atoms with van der Waals surface area (Å²) in [7, 11) is 0. The van der Waals surface area contributed by atoms with E-state index in [2.05, 4.69) is 25.3 Å². The van der Waals surface area contributed by atoms with E-state index in [1.165, 1.54) is 47.9 Å². The lowest BCUT2D eigenvalue weighted by atomic mass is 10.0. The molecule has 3 aromatic rings. The number of hydrogen-bond acceptors (Lipinski definition) is 7. The summed E-state index contributed by atoms with van der Waals surface area (Å²) in [5, 5.41) is 3.22. The molecule has 0 bridgehead atoms. The van der Waals surface area contributed by atoms with E-state index in [4.69, 9.17) is 17.3 Å². The van der Waals surface area contributed by atoms with Crippen LogP contribution in [-0.2, 0) is 0 Å². The van der Waals surface area contributed by atoms with Gasteiger partial charge in [-0.1, -0.05) is 17.7 Å². The van der Waals surface area contributed by atoms with Gasteiger partial charge in [-0.2, -0.15) is 0 Å². The molecular weight excluding hydrogens is 428 g/mol. The molecule has 31 heavy (non-hydrogen) atoms. The maximum absolute atomic E-state index is 15.1. The van der Waals surface area contributed by atoms with Crippen LogP contribution in [0.4, 0.5) is 14.7 Å². The molecule has 3 N–H and O–H groups in total. The van der Waals surface area contributed by atoms with Crippen molar-refractivity contribution < 1.29 is 13.6 Å². The maximum Gasteiger partial charge on any atom is 0.255 e. The lowest BCUT2D eigenvalue weighted by Gasteiger charge is -2.30. The second-order valence-corrected chi connectivity index (χ2v) is 7.47. The molecule has 2 unspecified atom stereocenters. The predicted octanol–water partition coefficient (Wildman–Crippen LogP) is 2.68.